The fraction of sp³-hybridized carbons (Fsp3) is 0.0556. The third-order valence-corrected chi connectivity index (χ3v) is 6.26. The first kappa shape index (κ1) is 20.2. The van der Waals surface area contributed by atoms with Crippen LogP contribution in [0.5, 0.6) is 0 Å². The highest BCUT2D eigenvalue weighted by molar-refractivity contribution is 7.93. The maximum absolute atomic E-state index is 14.1. The number of carbonyl (C=O) groups excluding carboxylic acids is 1. The molecule has 3 aromatic rings. The quantitative estimate of drug-likeness (QED) is 0.607. The van der Waals surface area contributed by atoms with Gasteiger partial charge < -0.3 is 10.3 Å². The van der Waals surface area contributed by atoms with E-state index in [2.05, 4.69) is 4.72 Å². The number of nitrogens with zero attached hydrogens (tertiary/aromatic N) is 1. The molecule has 0 fully saturated rings. The van der Waals surface area contributed by atoms with Gasteiger partial charge in [-0.1, -0.05) is 47.5 Å². The van der Waals surface area contributed by atoms with Crippen molar-refractivity contribution in [2.45, 2.75) is 11.4 Å². The predicted octanol–water partition coefficient (Wildman–Crippen LogP) is 3.88. The number of anilines is 1. The molecule has 3 N–H and O–H groups in total. The van der Waals surface area contributed by atoms with Crippen LogP contribution in [0.15, 0.2) is 59.5 Å². The van der Waals surface area contributed by atoms with E-state index >= 15 is 0 Å². The standard InChI is InChI=1S/C18H14Cl2FN3O3S/c19-12-5-3-6-13(20)17(12)28(26,27)23-16-9-8-15(18(22)25)24(16)10-11-4-1-2-7-14(11)21/h1-9,23H,10H2,(H2,22,25). The van der Waals surface area contributed by atoms with Gasteiger partial charge in [0, 0.05) is 5.56 Å². The summed E-state index contributed by atoms with van der Waals surface area (Å²) in [6.07, 6.45) is 0. The number of amides is 1. The lowest BCUT2D eigenvalue weighted by atomic mass is 10.2. The Hall–Kier alpha value is -2.55. The summed E-state index contributed by atoms with van der Waals surface area (Å²) in [4.78, 5) is 11.4. The van der Waals surface area contributed by atoms with Gasteiger partial charge in [0.1, 0.15) is 22.2 Å². The van der Waals surface area contributed by atoms with E-state index in [1.807, 2.05) is 0 Å². The van der Waals surface area contributed by atoms with E-state index in [0.717, 1.165) is 0 Å². The van der Waals surface area contributed by atoms with E-state index < -0.39 is 21.7 Å². The zero-order valence-corrected chi connectivity index (χ0v) is 16.5. The van der Waals surface area contributed by atoms with E-state index in [-0.39, 0.29) is 38.6 Å². The second-order valence-corrected chi connectivity index (χ2v) is 8.24. The van der Waals surface area contributed by atoms with Gasteiger partial charge in [0.25, 0.3) is 15.9 Å². The van der Waals surface area contributed by atoms with Crippen LogP contribution in [-0.2, 0) is 16.6 Å². The maximum atomic E-state index is 14.1. The van der Waals surface area contributed by atoms with Gasteiger partial charge in [-0.05, 0) is 30.3 Å². The molecular weight excluding hydrogens is 428 g/mol. The van der Waals surface area contributed by atoms with Crippen LogP contribution in [0.2, 0.25) is 10.0 Å². The van der Waals surface area contributed by atoms with Crippen molar-refractivity contribution in [2.75, 3.05) is 4.72 Å². The Morgan fingerprint density at radius 2 is 1.68 bits per heavy atom. The minimum atomic E-state index is -4.19. The van der Waals surface area contributed by atoms with E-state index in [4.69, 9.17) is 28.9 Å². The fourth-order valence-electron chi connectivity index (χ4n) is 2.67. The molecule has 1 heterocycles. The molecule has 0 aliphatic rings. The highest BCUT2D eigenvalue weighted by Gasteiger charge is 2.24. The summed E-state index contributed by atoms with van der Waals surface area (Å²) in [5.74, 6) is -1.29. The number of rotatable bonds is 6. The third kappa shape index (κ3) is 3.99. The molecule has 0 saturated carbocycles. The lowest BCUT2D eigenvalue weighted by molar-refractivity contribution is 0.0992. The second kappa shape index (κ2) is 7.83. The molecule has 0 bridgehead atoms. The maximum Gasteiger partial charge on any atom is 0.265 e. The molecule has 10 heteroatoms. The number of halogens is 3. The van der Waals surface area contributed by atoms with Gasteiger partial charge in [0.05, 0.1) is 16.6 Å². The number of primary amides is 1. The van der Waals surface area contributed by atoms with Crippen molar-refractivity contribution in [1.29, 1.82) is 0 Å². The van der Waals surface area contributed by atoms with E-state index in [1.54, 1.807) is 6.07 Å². The van der Waals surface area contributed by atoms with Gasteiger partial charge in [-0.15, -0.1) is 0 Å². The summed E-state index contributed by atoms with van der Waals surface area (Å²) in [6, 6.07) is 12.9. The number of hydrogen-bond acceptors (Lipinski definition) is 3. The van der Waals surface area contributed by atoms with E-state index in [9.17, 15) is 17.6 Å². The number of benzene rings is 2. The van der Waals surface area contributed by atoms with Crippen molar-refractivity contribution in [3.63, 3.8) is 0 Å². The number of aromatic nitrogens is 1. The highest BCUT2D eigenvalue weighted by atomic mass is 35.5. The lowest BCUT2D eigenvalue weighted by Crippen LogP contribution is -2.21. The molecule has 1 aromatic heterocycles. The van der Waals surface area contributed by atoms with Gasteiger partial charge >= 0.3 is 0 Å². The van der Waals surface area contributed by atoms with E-state index in [1.165, 1.54) is 53.1 Å². The summed E-state index contributed by atoms with van der Waals surface area (Å²) in [7, 11) is -4.19. The molecule has 0 unspecified atom stereocenters. The van der Waals surface area contributed by atoms with Gasteiger partial charge in [0.2, 0.25) is 0 Å². The summed E-state index contributed by atoms with van der Waals surface area (Å²) in [6.45, 7) is -0.119. The second-order valence-electron chi connectivity index (χ2n) is 5.80. The minimum Gasteiger partial charge on any atom is -0.364 e. The summed E-state index contributed by atoms with van der Waals surface area (Å²) < 4.78 is 43.3. The number of carbonyl (C=O) groups is 1. The third-order valence-electron chi connectivity index (χ3n) is 3.95. The van der Waals surface area contributed by atoms with Crippen LogP contribution >= 0.6 is 23.2 Å². The molecule has 6 nitrogen and oxygen atoms in total. The summed E-state index contributed by atoms with van der Waals surface area (Å²) in [5, 5.41) is -0.135. The van der Waals surface area contributed by atoms with Gasteiger partial charge in [-0.25, -0.2) is 12.8 Å². The molecule has 0 atom stereocenters. The molecule has 3 rings (SSSR count). The number of hydrogen-bond donors (Lipinski definition) is 2. The van der Waals surface area contributed by atoms with Gasteiger partial charge in [-0.2, -0.15) is 0 Å². The Bertz CT molecular complexity index is 1140. The van der Waals surface area contributed by atoms with Crippen LogP contribution in [0.25, 0.3) is 0 Å². The molecule has 0 radical (unpaired) electrons. The minimum absolute atomic E-state index is 0.00575. The van der Waals surface area contributed by atoms with Gasteiger partial charge in [-0.3, -0.25) is 9.52 Å². The first-order valence-corrected chi connectivity index (χ1v) is 10.1. The topological polar surface area (TPSA) is 94.2 Å². The summed E-state index contributed by atoms with van der Waals surface area (Å²) in [5.41, 5.74) is 5.62. The Morgan fingerprint density at radius 1 is 1.04 bits per heavy atom. The Kier molecular flexibility index (Phi) is 5.64. The van der Waals surface area contributed by atoms with Crippen molar-refractivity contribution in [3.05, 3.63) is 81.7 Å². The average Bonchev–Trinajstić information content (AvgIpc) is 2.98. The monoisotopic (exact) mass is 441 g/mol. The molecule has 1 amide bonds. The van der Waals surface area contributed by atoms with Crippen LogP contribution < -0.4 is 10.5 Å². The predicted molar refractivity (Wildman–Crippen MR) is 106 cm³/mol. The van der Waals surface area contributed by atoms with Crippen molar-refractivity contribution in [3.8, 4) is 0 Å². The SMILES string of the molecule is NC(=O)c1ccc(NS(=O)(=O)c2c(Cl)cccc2Cl)n1Cc1ccccc1F. The van der Waals surface area contributed by atoms with Crippen molar-refractivity contribution in [2.24, 2.45) is 5.73 Å². The number of nitrogens with one attached hydrogen (secondary N) is 1. The molecule has 146 valence electrons. The van der Waals surface area contributed by atoms with Gasteiger partial charge in [0.15, 0.2) is 0 Å². The molecule has 0 aliphatic heterocycles. The van der Waals surface area contributed by atoms with E-state index in [0.29, 0.717) is 0 Å². The zero-order chi connectivity index (χ0) is 20.5. The number of nitrogens with two attached hydrogens (primary N) is 1. The Balaban J connectivity index is 2.06. The molecule has 0 spiro atoms. The van der Waals surface area contributed by atoms with Crippen LogP contribution in [-0.4, -0.2) is 18.9 Å². The lowest BCUT2D eigenvalue weighted by Gasteiger charge is -2.15. The van der Waals surface area contributed by atoms with Crippen LogP contribution in [0.3, 0.4) is 0 Å². The normalized spacial score (nSPS) is 11.4. The van der Waals surface area contributed by atoms with Crippen LogP contribution in [0.4, 0.5) is 10.2 Å². The van der Waals surface area contributed by atoms with Crippen molar-refractivity contribution < 1.29 is 17.6 Å². The summed E-state index contributed by atoms with van der Waals surface area (Å²) >= 11 is 12.0. The Morgan fingerprint density at radius 3 is 2.29 bits per heavy atom. The van der Waals surface area contributed by atoms with Crippen molar-refractivity contribution in [1.82, 2.24) is 4.57 Å². The molecule has 2 aromatic carbocycles. The number of sulfonamides is 1. The molecular formula is C18H14Cl2FN3O3S. The largest absolute Gasteiger partial charge is 0.364 e. The van der Waals surface area contributed by atoms with Crippen LogP contribution in [0, 0.1) is 5.82 Å². The van der Waals surface area contributed by atoms with Crippen LogP contribution in [0.1, 0.15) is 16.1 Å². The first-order chi connectivity index (χ1) is 13.2. The van der Waals surface area contributed by atoms with Crippen molar-refractivity contribution >= 4 is 45.0 Å². The first-order valence-electron chi connectivity index (χ1n) is 7.90. The highest BCUT2D eigenvalue weighted by Crippen LogP contribution is 2.31. The average molecular weight is 442 g/mol. The molecule has 0 aliphatic carbocycles. The smallest absolute Gasteiger partial charge is 0.265 e. The molecule has 0 saturated heterocycles. The Labute approximate surface area is 170 Å². The fourth-order valence-corrected chi connectivity index (χ4v) is 4.88. The zero-order valence-electron chi connectivity index (χ0n) is 14.2. The molecule has 28 heavy (non-hydrogen) atoms.